The standard InChI is InChI=1S/C30H30N4O4S/c1-31-29(35)26-8-3-4-9-28(26)39-24-11-12-25-22(19-24)20-33-27(25)13-10-21-6-5-7-23(18-21)34-30(36)32-14-15-38-17-16-37-2/h3-9,11-12,18-19H,14-17,20H2,1-2H3,(H,31,35)(H2,32,34,36). The molecular weight excluding hydrogens is 512 g/mol. The lowest BCUT2D eigenvalue weighted by atomic mass is 10.1. The zero-order chi connectivity index (χ0) is 27.5. The number of nitrogens with zero attached hydrogens (tertiary/aromatic N) is 1. The molecule has 3 N–H and O–H groups in total. The largest absolute Gasteiger partial charge is 0.382 e. The van der Waals surface area contributed by atoms with Gasteiger partial charge in [-0.3, -0.25) is 9.79 Å². The van der Waals surface area contributed by atoms with Crippen molar-refractivity contribution in [2.75, 3.05) is 45.8 Å². The molecule has 0 atom stereocenters. The summed E-state index contributed by atoms with van der Waals surface area (Å²) >= 11 is 1.55. The van der Waals surface area contributed by atoms with Crippen molar-refractivity contribution in [1.29, 1.82) is 0 Å². The molecule has 3 amide bonds. The van der Waals surface area contributed by atoms with Gasteiger partial charge < -0.3 is 25.4 Å². The van der Waals surface area contributed by atoms with Gasteiger partial charge in [0.1, 0.15) is 5.71 Å². The van der Waals surface area contributed by atoms with E-state index in [1.54, 1.807) is 25.9 Å². The summed E-state index contributed by atoms with van der Waals surface area (Å²) in [6.07, 6.45) is 0. The quantitative estimate of drug-likeness (QED) is 0.262. The Balaban J connectivity index is 1.36. The zero-order valence-electron chi connectivity index (χ0n) is 21.9. The molecule has 0 aromatic heterocycles. The summed E-state index contributed by atoms with van der Waals surface area (Å²) < 4.78 is 10.2. The zero-order valence-corrected chi connectivity index (χ0v) is 22.7. The number of carbonyl (C=O) groups excluding carboxylic acids is 2. The average Bonchev–Trinajstić information content (AvgIpc) is 3.36. The molecule has 0 spiro atoms. The van der Waals surface area contributed by atoms with E-state index in [2.05, 4.69) is 38.9 Å². The maximum absolute atomic E-state index is 12.2. The van der Waals surface area contributed by atoms with E-state index >= 15 is 0 Å². The number of hydrogen-bond donors (Lipinski definition) is 3. The Kier molecular flexibility index (Phi) is 10.1. The number of amides is 3. The number of nitrogens with one attached hydrogen (secondary N) is 3. The topological polar surface area (TPSA) is 101 Å². The Hall–Kier alpha value is -4.10. The minimum absolute atomic E-state index is 0.108. The first kappa shape index (κ1) is 27.9. The van der Waals surface area contributed by atoms with Gasteiger partial charge in [-0.15, -0.1) is 0 Å². The van der Waals surface area contributed by atoms with Crippen LogP contribution in [0, 0.1) is 11.8 Å². The normalized spacial score (nSPS) is 11.6. The van der Waals surface area contributed by atoms with E-state index in [1.807, 2.05) is 60.7 Å². The number of methoxy groups -OCH3 is 1. The van der Waals surface area contributed by atoms with Crippen molar-refractivity contribution in [3.05, 3.63) is 89.0 Å². The van der Waals surface area contributed by atoms with Gasteiger partial charge in [-0.05, 0) is 53.9 Å². The fraction of sp³-hybridized carbons (Fsp3) is 0.233. The molecule has 39 heavy (non-hydrogen) atoms. The Labute approximate surface area is 232 Å². The molecule has 4 rings (SSSR count). The third-order valence-corrected chi connectivity index (χ3v) is 6.80. The minimum Gasteiger partial charge on any atom is -0.382 e. The van der Waals surface area contributed by atoms with Crippen LogP contribution >= 0.6 is 11.8 Å². The molecule has 0 saturated heterocycles. The minimum atomic E-state index is -0.309. The van der Waals surface area contributed by atoms with Crippen LogP contribution in [0.15, 0.2) is 81.5 Å². The number of anilines is 1. The van der Waals surface area contributed by atoms with E-state index in [1.165, 1.54) is 0 Å². The highest BCUT2D eigenvalue weighted by molar-refractivity contribution is 7.99. The number of ether oxygens (including phenoxy) is 2. The van der Waals surface area contributed by atoms with Crippen molar-refractivity contribution in [3.63, 3.8) is 0 Å². The highest BCUT2D eigenvalue weighted by Gasteiger charge is 2.16. The highest BCUT2D eigenvalue weighted by atomic mass is 32.2. The lowest BCUT2D eigenvalue weighted by Crippen LogP contribution is -2.31. The van der Waals surface area contributed by atoms with Crippen molar-refractivity contribution < 1.29 is 19.1 Å². The maximum atomic E-state index is 12.2. The van der Waals surface area contributed by atoms with Gasteiger partial charge in [0.05, 0.1) is 31.9 Å². The molecule has 3 aromatic rings. The Morgan fingerprint density at radius 2 is 1.87 bits per heavy atom. The van der Waals surface area contributed by atoms with Gasteiger partial charge in [-0.1, -0.05) is 41.9 Å². The van der Waals surface area contributed by atoms with Gasteiger partial charge in [0.25, 0.3) is 5.91 Å². The third kappa shape index (κ3) is 7.94. The first-order valence-corrected chi connectivity index (χ1v) is 13.3. The molecule has 1 aliphatic rings. The van der Waals surface area contributed by atoms with Crippen LogP contribution in [0.25, 0.3) is 0 Å². The second-order valence-corrected chi connectivity index (χ2v) is 9.59. The predicted octanol–water partition coefficient (Wildman–Crippen LogP) is 4.34. The van der Waals surface area contributed by atoms with Gasteiger partial charge in [-0.25, -0.2) is 4.79 Å². The number of carbonyl (C=O) groups is 2. The van der Waals surface area contributed by atoms with E-state index in [9.17, 15) is 9.59 Å². The highest BCUT2D eigenvalue weighted by Crippen LogP contribution is 2.33. The molecule has 8 nitrogen and oxygen atoms in total. The first-order chi connectivity index (χ1) is 19.1. The summed E-state index contributed by atoms with van der Waals surface area (Å²) in [6, 6.07) is 20.8. The van der Waals surface area contributed by atoms with Gasteiger partial charge >= 0.3 is 6.03 Å². The second-order valence-electron chi connectivity index (χ2n) is 8.48. The summed E-state index contributed by atoms with van der Waals surface area (Å²) in [5.74, 6) is 6.23. The molecule has 0 bridgehead atoms. The summed E-state index contributed by atoms with van der Waals surface area (Å²) in [6.45, 7) is 2.38. The third-order valence-electron chi connectivity index (χ3n) is 5.74. The predicted molar refractivity (Wildman–Crippen MR) is 154 cm³/mol. The Bertz CT molecular complexity index is 1430. The monoisotopic (exact) mass is 542 g/mol. The lowest BCUT2D eigenvalue weighted by molar-refractivity contribution is 0.0728. The van der Waals surface area contributed by atoms with E-state index < -0.39 is 0 Å². The number of fused-ring (bicyclic) bond motifs is 1. The molecular formula is C30H30N4O4S. The van der Waals surface area contributed by atoms with Crippen LogP contribution in [0.4, 0.5) is 10.5 Å². The van der Waals surface area contributed by atoms with Gasteiger partial charge in [0, 0.05) is 47.3 Å². The molecule has 1 heterocycles. The molecule has 0 saturated carbocycles. The van der Waals surface area contributed by atoms with Crippen LogP contribution in [0.3, 0.4) is 0 Å². The number of benzene rings is 3. The summed E-state index contributed by atoms with van der Waals surface area (Å²) in [4.78, 5) is 30.9. The summed E-state index contributed by atoms with van der Waals surface area (Å²) in [5.41, 5.74) is 4.90. The average molecular weight is 543 g/mol. The van der Waals surface area contributed by atoms with Gasteiger partial charge in [-0.2, -0.15) is 0 Å². The van der Waals surface area contributed by atoms with Crippen LogP contribution in [0.1, 0.15) is 27.0 Å². The van der Waals surface area contributed by atoms with Crippen molar-refractivity contribution in [2.24, 2.45) is 4.99 Å². The lowest BCUT2D eigenvalue weighted by Gasteiger charge is -2.09. The van der Waals surface area contributed by atoms with Crippen LogP contribution < -0.4 is 16.0 Å². The molecule has 200 valence electrons. The van der Waals surface area contributed by atoms with Gasteiger partial charge in [0.2, 0.25) is 0 Å². The second kappa shape index (κ2) is 14.2. The van der Waals surface area contributed by atoms with Crippen molar-refractivity contribution >= 4 is 35.1 Å². The molecule has 0 fully saturated rings. The number of rotatable bonds is 10. The number of hydrogen-bond acceptors (Lipinski definition) is 6. The van der Waals surface area contributed by atoms with E-state index in [4.69, 9.17) is 9.47 Å². The van der Waals surface area contributed by atoms with Crippen LogP contribution in [0.2, 0.25) is 0 Å². The summed E-state index contributed by atoms with van der Waals surface area (Å²) in [7, 11) is 3.24. The van der Waals surface area contributed by atoms with Crippen molar-refractivity contribution in [3.8, 4) is 11.8 Å². The fourth-order valence-electron chi connectivity index (χ4n) is 3.82. The van der Waals surface area contributed by atoms with Crippen LogP contribution in [0.5, 0.6) is 0 Å². The molecule has 3 aromatic carbocycles. The number of urea groups is 1. The molecule has 1 aliphatic heterocycles. The molecule has 9 heteroatoms. The Morgan fingerprint density at radius 1 is 1.00 bits per heavy atom. The van der Waals surface area contributed by atoms with E-state index in [0.29, 0.717) is 44.2 Å². The molecule has 0 unspecified atom stereocenters. The van der Waals surface area contributed by atoms with E-state index in [-0.39, 0.29) is 11.9 Å². The SMILES string of the molecule is CNC(=O)c1ccccc1Sc1ccc2c(c1)CN=C2C#Cc1cccc(NC(=O)NCCOCCOC)c1. The van der Waals surface area contributed by atoms with Gasteiger partial charge in [0.15, 0.2) is 0 Å². The van der Waals surface area contributed by atoms with E-state index in [0.717, 1.165) is 32.2 Å². The summed E-state index contributed by atoms with van der Waals surface area (Å²) in [5, 5.41) is 8.26. The van der Waals surface area contributed by atoms with Crippen molar-refractivity contribution in [1.82, 2.24) is 10.6 Å². The maximum Gasteiger partial charge on any atom is 0.319 e. The Morgan fingerprint density at radius 3 is 2.72 bits per heavy atom. The molecule has 0 aliphatic carbocycles. The van der Waals surface area contributed by atoms with Crippen molar-refractivity contribution in [2.45, 2.75) is 16.3 Å². The molecule has 0 radical (unpaired) electrons. The smallest absolute Gasteiger partial charge is 0.319 e. The first-order valence-electron chi connectivity index (χ1n) is 12.5. The fourth-order valence-corrected chi connectivity index (χ4v) is 4.83. The van der Waals surface area contributed by atoms with Crippen LogP contribution in [-0.4, -0.2) is 58.2 Å². The van der Waals surface area contributed by atoms with Crippen LogP contribution in [-0.2, 0) is 16.0 Å². The number of aliphatic imine (C=N–C) groups is 1.